The molecule has 1 atom stereocenters. The molecule has 0 aliphatic carbocycles. The predicted molar refractivity (Wildman–Crippen MR) is 86.0 cm³/mol. The van der Waals surface area contributed by atoms with Crippen molar-refractivity contribution in [1.82, 2.24) is 4.90 Å². The zero-order valence-corrected chi connectivity index (χ0v) is 13.5. The molecule has 5 nitrogen and oxygen atoms in total. The third-order valence-corrected chi connectivity index (χ3v) is 4.21. The Hall–Kier alpha value is -2.04. The summed E-state index contributed by atoms with van der Waals surface area (Å²) < 4.78 is 4.76. The first kappa shape index (κ1) is 16.3. The van der Waals surface area contributed by atoms with Crippen LogP contribution in [0.2, 0.25) is 0 Å². The van der Waals surface area contributed by atoms with Crippen molar-refractivity contribution in [3.05, 3.63) is 29.3 Å². The summed E-state index contributed by atoms with van der Waals surface area (Å²) in [6, 6.07) is 5.63. The van der Waals surface area contributed by atoms with Gasteiger partial charge in [0.1, 0.15) is 6.04 Å². The number of ether oxygens (including phenoxy) is 1. The molecule has 5 heteroatoms. The predicted octanol–water partition coefficient (Wildman–Crippen LogP) is 2.98. The van der Waals surface area contributed by atoms with Gasteiger partial charge >= 0.3 is 6.09 Å². The topological polar surface area (TPSA) is 58.6 Å². The van der Waals surface area contributed by atoms with Crippen molar-refractivity contribution in [3.63, 3.8) is 0 Å². The number of amides is 2. The number of carbonyl (C=O) groups is 2. The Labute approximate surface area is 131 Å². The van der Waals surface area contributed by atoms with Crippen molar-refractivity contribution in [1.29, 1.82) is 0 Å². The second-order valence-electron chi connectivity index (χ2n) is 5.47. The molecule has 1 aliphatic rings. The Kier molecular flexibility index (Phi) is 5.41. The average Bonchev–Trinajstić information content (AvgIpc) is 3.03. The van der Waals surface area contributed by atoms with Crippen LogP contribution in [0.25, 0.3) is 0 Å². The van der Waals surface area contributed by atoms with E-state index in [-0.39, 0.29) is 5.91 Å². The van der Waals surface area contributed by atoms with Crippen LogP contribution >= 0.6 is 0 Å². The molecule has 0 spiro atoms. The minimum Gasteiger partial charge on any atom is -0.453 e. The molecule has 120 valence electrons. The summed E-state index contributed by atoms with van der Waals surface area (Å²) in [5, 5.41) is 3.04. The molecule has 1 aromatic rings. The summed E-state index contributed by atoms with van der Waals surface area (Å²) in [5.74, 6) is -0.126. The van der Waals surface area contributed by atoms with E-state index in [2.05, 4.69) is 19.2 Å². The van der Waals surface area contributed by atoms with Crippen LogP contribution in [0.15, 0.2) is 18.2 Å². The van der Waals surface area contributed by atoms with Gasteiger partial charge in [-0.25, -0.2) is 4.79 Å². The van der Waals surface area contributed by atoms with E-state index in [0.29, 0.717) is 13.0 Å². The van der Waals surface area contributed by atoms with Crippen LogP contribution < -0.4 is 5.32 Å². The Morgan fingerprint density at radius 2 is 1.91 bits per heavy atom. The summed E-state index contributed by atoms with van der Waals surface area (Å²) in [6.45, 7) is 4.71. The molecule has 0 radical (unpaired) electrons. The van der Waals surface area contributed by atoms with E-state index in [9.17, 15) is 9.59 Å². The number of rotatable bonds is 4. The Balaban J connectivity index is 2.20. The van der Waals surface area contributed by atoms with Crippen LogP contribution in [-0.4, -0.2) is 36.6 Å². The molecule has 1 unspecified atom stereocenters. The van der Waals surface area contributed by atoms with Gasteiger partial charge in [0, 0.05) is 12.2 Å². The number of nitrogens with one attached hydrogen (secondary N) is 1. The smallest absolute Gasteiger partial charge is 0.410 e. The lowest BCUT2D eigenvalue weighted by atomic mass is 10.0. The van der Waals surface area contributed by atoms with Gasteiger partial charge in [-0.1, -0.05) is 32.0 Å². The van der Waals surface area contributed by atoms with Gasteiger partial charge in [0.2, 0.25) is 5.91 Å². The first-order valence-electron chi connectivity index (χ1n) is 7.88. The highest BCUT2D eigenvalue weighted by Gasteiger charge is 2.35. The zero-order valence-electron chi connectivity index (χ0n) is 13.5. The summed E-state index contributed by atoms with van der Waals surface area (Å²) in [6.07, 6.45) is 2.78. The lowest BCUT2D eigenvalue weighted by Crippen LogP contribution is -2.43. The second-order valence-corrected chi connectivity index (χ2v) is 5.47. The van der Waals surface area contributed by atoms with Crippen molar-refractivity contribution in [3.8, 4) is 0 Å². The number of hydrogen-bond donors (Lipinski definition) is 1. The lowest BCUT2D eigenvalue weighted by Gasteiger charge is -2.23. The number of nitrogens with zero attached hydrogens (tertiary/aromatic N) is 1. The molecular formula is C17H24N2O3. The highest BCUT2D eigenvalue weighted by molar-refractivity contribution is 5.98. The lowest BCUT2D eigenvalue weighted by molar-refractivity contribution is -0.120. The van der Waals surface area contributed by atoms with E-state index in [4.69, 9.17) is 4.74 Å². The maximum absolute atomic E-state index is 12.6. The molecule has 0 aromatic heterocycles. The van der Waals surface area contributed by atoms with Gasteiger partial charge in [-0.15, -0.1) is 0 Å². The van der Waals surface area contributed by atoms with Crippen LogP contribution in [0.5, 0.6) is 0 Å². The minimum atomic E-state index is -0.443. The van der Waals surface area contributed by atoms with Crippen molar-refractivity contribution >= 4 is 17.7 Å². The van der Waals surface area contributed by atoms with Crippen LogP contribution in [0.4, 0.5) is 10.5 Å². The molecule has 1 fully saturated rings. The van der Waals surface area contributed by atoms with Gasteiger partial charge in [-0.2, -0.15) is 0 Å². The summed E-state index contributed by atoms with van der Waals surface area (Å²) >= 11 is 0. The number of aryl methyl sites for hydroxylation is 2. The van der Waals surface area contributed by atoms with Gasteiger partial charge in [-0.05, 0) is 36.8 Å². The molecule has 0 saturated carbocycles. The number of likely N-dealkylation sites (tertiary alicyclic amines) is 1. The van der Waals surface area contributed by atoms with E-state index >= 15 is 0 Å². The van der Waals surface area contributed by atoms with Crippen LogP contribution in [0, 0.1) is 0 Å². The molecule has 2 amide bonds. The summed E-state index contributed by atoms with van der Waals surface area (Å²) in [7, 11) is 1.34. The molecule has 1 saturated heterocycles. The largest absolute Gasteiger partial charge is 0.453 e. The maximum atomic E-state index is 12.6. The Morgan fingerprint density at radius 3 is 2.45 bits per heavy atom. The first-order valence-corrected chi connectivity index (χ1v) is 7.88. The molecule has 2 rings (SSSR count). The van der Waals surface area contributed by atoms with E-state index in [0.717, 1.165) is 36.1 Å². The fourth-order valence-electron chi connectivity index (χ4n) is 2.98. The number of benzene rings is 1. The minimum absolute atomic E-state index is 0.126. The third-order valence-electron chi connectivity index (χ3n) is 4.21. The van der Waals surface area contributed by atoms with Crippen molar-refractivity contribution in [2.45, 2.75) is 45.6 Å². The molecule has 1 heterocycles. The van der Waals surface area contributed by atoms with E-state index < -0.39 is 12.1 Å². The molecular weight excluding hydrogens is 280 g/mol. The number of carbonyl (C=O) groups excluding carboxylic acids is 2. The third kappa shape index (κ3) is 3.24. The van der Waals surface area contributed by atoms with Gasteiger partial charge in [0.25, 0.3) is 0 Å². The fraction of sp³-hybridized carbons (Fsp3) is 0.529. The van der Waals surface area contributed by atoms with Crippen molar-refractivity contribution in [2.24, 2.45) is 0 Å². The van der Waals surface area contributed by atoms with Gasteiger partial charge < -0.3 is 10.1 Å². The monoisotopic (exact) mass is 304 g/mol. The van der Waals surface area contributed by atoms with E-state index in [1.54, 1.807) is 0 Å². The molecule has 1 N–H and O–H groups in total. The fourth-order valence-corrected chi connectivity index (χ4v) is 2.98. The van der Waals surface area contributed by atoms with Crippen molar-refractivity contribution < 1.29 is 14.3 Å². The number of hydrogen-bond acceptors (Lipinski definition) is 3. The van der Waals surface area contributed by atoms with Crippen LogP contribution in [0.3, 0.4) is 0 Å². The zero-order chi connectivity index (χ0) is 16.1. The highest BCUT2D eigenvalue weighted by Crippen LogP contribution is 2.25. The van der Waals surface area contributed by atoms with Crippen LogP contribution in [-0.2, 0) is 22.4 Å². The number of methoxy groups -OCH3 is 1. The quantitative estimate of drug-likeness (QED) is 0.930. The molecule has 22 heavy (non-hydrogen) atoms. The van der Waals surface area contributed by atoms with Gasteiger partial charge in [0.15, 0.2) is 0 Å². The first-order chi connectivity index (χ1) is 10.6. The normalized spacial score (nSPS) is 17.4. The Morgan fingerprint density at radius 1 is 1.27 bits per heavy atom. The summed E-state index contributed by atoms with van der Waals surface area (Å²) in [4.78, 5) is 25.9. The summed E-state index contributed by atoms with van der Waals surface area (Å²) in [5.41, 5.74) is 3.14. The number of anilines is 1. The maximum Gasteiger partial charge on any atom is 0.410 e. The average molecular weight is 304 g/mol. The van der Waals surface area contributed by atoms with Gasteiger partial charge in [0.05, 0.1) is 7.11 Å². The number of para-hydroxylation sites is 1. The van der Waals surface area contributed by atoms with Gasteiger partial charge in [-0.3, -0.25) is 9.69 Å². The molecule has 1 aromatic carbocycles. The van der Waals surface area contributed by atoms with Crippen molar-refractivity contribution in [2.75, 3.05) is 19.0 Å². The molecule has 0 bridgehead atoms. The SMILES string of the molecule is CCc1cccc(CC)c1NC(=O)C1CCCN1C(=O)OC. The highest BCUT2D eigenvalue weighted by atomic mass is 16.5. The van der Waals surface area contributed by atoms with E-state index in [1.807, 2.05) is 18.2 Å². The standard InChI is InChI=1S/C17H24N2O3/c1-4-12-8-6-9-13(5-2)15(12)18-16(20)14-10-7-11-19(14)17(21)22-3/h6,8-9,14H,4-5,7,10-11H2,1-3H3,(H,18,20). The van der Waals surface area contributed by atoms with Crippen LogP contribution in [0.1, 0.15) is 37.8 Å². The van der Waals surface area contributed by atoms with E-state index in [1.165, 1.54) is 12.0 Å². The second kappa shape index (κ2) is 7.29. The molecule has 1 aliphatic heterocycles. The Bertz CT molecular complexity index is 535.